The summed E-state index contributed by atoms with van der Waals surface area (Å²) >= 11 is 0. The standard InChI is InChI=1S/C15H22O5/c1-10-8-9-13(17)15(19)12(16)6-4-3-5-7-14(18)20-11(10)2/h3-4,8-12,15-16,19H,5-7H2,1-2H3/b4-3+,9-8-/t10-,11+,12+,15+/m1/s1. The first-order valence-electron chi connectivity index (χ1n) is 6.84. The van der Waals surface area contributed by atoms with Crippen LogP contribution in [0.5, 0.6) is 0 Å². The summed E-state index contributed by atoms with van der Waals surface area (Å²) in [6.07, 6.45) is 4.24. The molecule has 0 amide bonds. The number of aliphatic hydroxyl groups excluding tert-OH is 2. The molecule has 1 rings (SSSR count). The van der Waals surface area contributed by atoms with E-state index in [4.69, 9.17) is 4.74 Å². The maximum atomic E-state index is 11.7. The lowest BCUT2D eigenvalue weighted by atomic mass is 10.0. The summed E-state index contributed by atoms with van der Waals surface area (Å²) < 4.78 is 5.24. The Morgan fingerprint density at radius 2 is 1.90 bits per heavy atom. The molecule has 20 heavy (non-hydrogen) atoms. The van der Waals surface area contributed by atoms with Gasteiger partial charge in [-0.05, 0) is 25.8 Å². The van der Waals surface area contributed by atoms with Gasteiger partial charge in [0.15, 0.2) is 5.78 Å². The summed E-state index contributed by atoms with van der Waals surface area (Å²) in [5.74, 6) is -0.981. The molecule has 0 aliphatic carbocycles. The highest BCUT2D eigenvalue weighted by Crippen LogP contribution is 2.12. The number of ketones is 1. The maximum absolute atomic E-state index is 11.7. The van der Waals surface area contributed by atoms with Gasteiger partial charge in [0.25, 0.3) is 0 Å². The number of rotatable bonds is 0. The van der Waals surface area contributed by atoms with Crippen molar-refractivity contribution in [1.82, 2.24) is 0 Å². The van der Waals surface area contributed by atoms with Crippen LogP contribution < -0.4 is 0 Å². The molecule has 0 fully saturated rings. The number of allylic oxidation sites excluding steroid dienone is 1. The van der Waals surface area contributed by atoms with E-state index < -0.39 is 18.0 Å². The molecule has 0 radical (unpaired) electrons. The van der Waals surface area contributed by atoms with E-state index in [-0.39, 0.29) is 30.8 Å². The van der Waals surface area contributed by atoms with Gasteiger partial charge in [-0.3, -0.25) is 9.59 Å². The minimum atomic E-state index is -1.43. The van der Waals surface area contributed by atoms with Crippen molar-refractivity contribution in [2.75, 3.05) is 0 Å². The molecule has 0 aromatic heterocycles. The number of aliphatic hydroxyl groups is 2. The normalized spacial score (nSPS) is 36.8. The molecule has 0 unspecified atom stereocenters. The van der Waals surface area contributed by atoms with Gasteiger partial charge >= 0.3 is 5.97 Å². The van der Waals surface area contributed by atoms with Crippen molar-refractivity contribution in [3.8, 4) is 0 Å². The molecule has 0 saturated carbocycles. The van der Waals surface area contributed by atoms with Crippen LogP contribution in [0.2, 0.25) is 0 Å². The molecule has 0 spiro atoms. The molecule has 0 bridgehead atoms. The fraction of sp³-hybridized carbons (Fsp3) is 0.600. The second kappa shape index (κ2) is 7.97. The molecule has 2 N–H and O–H groups in total. The first kappa shape index (κ1) is 16.6. The van der Waals surface area contributed by atoms with Crippen LogP contribution in [0, 0.1) is 5.92 Å². The second-order valence-electron chi connectivity index (χ2n) is 5.07. The topological polar surface area (TPSA) is 83.8 Å². The number of esters is 1. The molecular weight excluding hydrogens is 260 g/mol. The fourth-order valence-electron chi connectivity index (χ4n) is 1.75. The van der Waals surface area contributed by atoms with Gasteiger partial charge in [0.05, 0.1) is 6.10 Å². The Bertz CT molecular complexity index is 399. The molecule has 112 valence electrons. The number of carbonyl (C=O) groups excluding carboxylic acids is 2. The van der Waals surface area contributed by atoms with Gasteiger partial charge in [0.2, 0.25) is 0 Å². The molecule has 1 aliphatic rings. The maximum Gasteiger partial charge on any atom is 0.306 e. The zero-order valence-electron chi connectivity index (χ0n) is 11.9. The monoisotopic (exact) mass is 282 g/mol. The summed E-state index contributed by atoms with van der Waals surface area (Å²) in [4.78, 5) is 23.2. The van der Waals surface area contributed by atoms with Gasteiger partial charge in [-0.25, -0.2) is 0 Å². The Morgan fingerprint density at radius 1 is 1.20 bits per heavy atom. The Balaban J connectivity index is 2.81. The van der Waals surface area contributed by atoms with Crippen LogP contribution in [0.3, 0.4) is 0 Å². The van der Waals surface area contributed by atoms with Crippen molar-refractivity contribution in [3.05, 3.63) is 24.3 Å². The Hall–Kier alpha value is -1.46. The van der Waals surface area contributed by atoms with Crippen LogP contribution in [-0.4, -0.2) is 40.3 Å². The van der Waals surface area contributed by atoms with Gasteiger partial charge < -0.3 is 14.9 Å². The van der Waals surface area contributed by atoms with E-state index in [1.165, 1.54) is 6.08 Å². The minimum absolute atomic E-state index is 0.147. The molecule has 0 aromatic rings. The van der Waals surface area contributed by atoms with Crippen molar-refractivity contribution in [2.45, 2.75) is 51.4 Å². The number of cyclic esters (lactones) is 1. The average Bonchev–Trinajstić information content (AvgIpc) is 2.41. The first-order chi connectivity index (χ1) is 9.41. The Kier molecular flexibility index (Phi) is 6.61. The Labute approximate surface area is 118 Å². The van der Waals surface area contributed by atoms with Crippen LogP contribution in [-0.2, 0) is 14.3 Å². The summed E-state index contributed by atoms with van der Waals surface area (Å²) in [5, 5.41) is 19.4. The number of hydrogen-bond donors (Lipinski definition) is 2. The third-order valence-electron chi connectivity index (χ3n) is 3.34. The van der Waals surface area contributed by atoms with E-state index in [0.717, 1.165) is 0 Å². The Morgan fingerprint density at radius 3 is 2.60 bits per heavy atom. The highest BCUT2D eigenvalue weighted by Gasteiger charge is 2.22. The van der Waals surface area contributed by atoms with Crippen molar-refractivity contribution in [2.24, 2.45) is 5.92 Å². The molecular formula is C15H22O5. The largest absolute Gasteiger partial charge is 0.462 e. The third kappa shape index (κ3) is 5.27. The van der Waals surface area contributed by atoms with Crippen LogP contribution in [0.1, 0.15) is 33.1 Å². The predicted molar refractivity (Wildman–Crippen MR) is 73.9 cm³/mol. The zero-order valence-corrected chi connectivity index (χ0v) is 11.9. The van der Waals surface area contributed by atoms with Gasteiger partial charge in [-0.2, -0.15) is 0 Å². The quantitative estimate of drug-likeness (QED) is 0.514. The van der Waals surface area contributed by atoms with Gasteiger partial charge in [0, 0.05) is 12.3 Å². The molecule has 0 saturated heterocycles. The van der Waals surface area contributed by atoms with E-state index in [2.05, 4.69) is 0 Å². The van der Waals surface area contributed by atoms with E-state index in [9.17, 15) is 19.8 Å². The SMILES string of the molecule is C[C@@H]1/C=C\C(=O)[C@@H](O)[C@@H](O)C/C=C/CCC(=O)O[C@H]1C. The summed E-state index contributed by atoms with van der Waals surface area (Å²) in [5.41, 5.74) is 0. The molecule has 4 atom stereocenters. The van der Waals surface area contributed by atoms with E-state index in [1.807, 2.05) is 6.92 Å². The lowest BCUT2D eigenvalue weighted by Crippen LogP contribution is -2.32. The molecule has 0 aromatic carbocycles. The number of carbonyl (C=O) groups is 2. The average molecular weight is 282 g/mol. The highest BCUT2D eigenvalue weighted by molar-refractivity contribution is 5.93. The molecule has 1 heterocycles. The molecule has 1 aliphatic heterocycles. The van der Waals surface area contributed by atoms with E-state index >= 15 is 0 Å². The minimum Gasteiger partial charge on any atom is -0.462 e. The van der Waals surface area contributed by atoms with Gasteiger partial charge in [0.1, 0.15) is 12.2 Å². The lowest BCUT2D eigenvalue weighted by Gasteiger charge is -2.18. The van der Waals surface area contributed by atoms with Crippen molar-refractivity contribution < 1.29 is 24.5 Å². The fourth-order valence-corrected chi connectivity index (χ4v) is 1.75. The highest BCUT2D eigenvalue weighted by atomic mass is 16.5. The number of hydrogen-bond acceptors (Lipinski definition) is 5. The predicted octanol–water partition coefficient (Wildman–Crippen LogP) is 1.14. The smallest absolute Gasteiger partial charge is 0.306 e. The molecule has 5 nitrogen and oxygen atoms in total. The summed E-state index contributed by atoms with van der Waals surface area (Å²) in [6, 6.07) is 0. The van der Waals surface area contributed by atoms with Crippen molar-refractivity contribution in [3.63, 3.8) is 0 Å². The molecule has 5 heteroatoms. The van der Waals surface area contributed by atoms with Crippen molar-refractivity contribution >= 4 is 11.8 Å². The second-order valence-corrected chi connectivity index (χ2v) is 5.07. The summed E-state index contributed by atoms with van der Waals surface area (Å²) in [6.45, 7) is 3.57. The van der Waals surface area contributed by atoms with Gasteiger partial charge in [-0.15, -0.1) is 0 Å². The third-order valence-corrected chi connectivity index (χ3v) is 3.34. The van der Waals surface area contributed by atoms with E-state index in [0.29, 0.717) is 6.42 Å². The van der Waals surface area contributed by atoms with Crippen LogP contribution in [0.4, 0.5) is 0 Å². The van der Waals surface area contributed by atoms with Crippen LogP contribution >= 0.6 is 0 Å². The lowest BCUT2D eigenvalue weighted by molar-refractivity contribution is -0.149. The summed E-state index contributed by atoms with van der Waals surface area (Å²) in [7, 11) is 0. The van der Waals surface area contributed by atoms with Crippen molar-refractivity contribution in [1.29, 1.82) is 0 Å². The van der Waals surface area contributed by atoms with Crippen LogP contribution in [0.25, 0.3) is 0 Å². The van der Waals surface area contributed by atoms with Gasteiger partial charge in [-0.1, -0.05) is 25.2 Å². The van der Waals surface area contributed by atoms with E-state index in [1.54, 1.807) is 25.2 Å². The first-order valence-corrected chi connectivity index (χ1v) is 6.84. The van der Waals surface area contributed by atoms with Crippen LogP contribution in [0.15, 0.2) is 24.3 Å². The number of ether oxygens (including phenoxy) is 1. The zero-order chi connectivity index (χ0) is 15.1.